The molecule has 2 aromatic rings. The molecular weight excluding hydrogens is 230 g/mol. The Morgan fingerprint density at radius 2 is 2.29 bits per heavy atom. The summed E-state index contributed by atoms with van der Waals surface area (Å²) in [4.78, 5) is 0. The minimum Gasteiger partial charge on any atom is -0.192 e. The van der Waals surface area contributed by atoms with Crippen LogP contribution in [0.3, 0.4) is 0 Å². The summed E-state index contributed by atoms with van der Waals surface area (Å²) in [5, 5.41) is 17.9. The van der Waals surface area contributed by atoms with Gasteiger partial charge in [0.1, 0.15) is 10.5 Å². The van der Waals surface area contributed by atoms with Crippen LogP contribution in [0.1, 0.15) is 28.1 Å². The quantitative estimate of drug-likeness (QED) is 0.768. The number of benzene rings is 1. The molecule has 0 fully saturated rings. The highest BCUT2D eigenvalue weighted by atomic mass is 32.1. The molecule has 0 saturated carbocycles. The molecule has 4 heteroatoms. The average molecular weight is 239 g/mol. The Bertz CT molecular complexity index is 621. The molecule has 0 atom stereocenters. The Hall–Kier alpha value is -1.99. The van der Waals surface area contributed by atoms with Crippen LogP contribution < -0.4 is 0 Å². The predicted molar refractivity (Wildman–Crippen MR) is 66.5 cm³/mol. The van der Waals surface area contributed by atoms with Gasteiger partial charge in [-0.2, -0.15) is 5.26 Å². The topological polar surface area (TPSA) is 49.6 Å². The van der Waals surface area contributed by atoms with Crippen LogP contribution in [0.2, 0.25) is 0 Å². The highest BCUT2D eigenvalue weighted by Gasteiger charge is 2.16. The maximum absolute atomic E-state index is 8.90. The summed E-state index contributed by atoms with van der Waals surface area (Å²) >= 11 is 1.55. The SMILES string of the molecule is N#Cc1ccc2c(c1)CCC=C2c1nncs1. The van der Waals surface area contributed by atoms with Crippen molar-refractivity contribution in [1.82, 2.24) is 10.2 Å². The average Bonchev–Trinajstić information content (AvgIpc) is 2.91. The van der Waals surface area contributed by atoms with E-state index in [1.807, 2.05) is 18.2 Å². The van der Waals surface area contributed by atoms with E-state index in [-0.39, 0.29) is 0 Å². The second-order valence-electron chi connectivity index (χ2n) is 3.88. The van der Waals surface area contributed by atoms with Gasteiger partial charge in [-0.15, -0.1) is 10.2 Å². The number of nitrogens with zero attached hydrogens (tertiary/aromatic N) is 3. The number of rotatable bonds is 1. The zero-order chi connectivity index (χ0) is 11.7. The fourth-order valence-corrected chi connectivity index (χ4v) is 2.72. The molecule has 0 aliphatic heterocycles. The summed E-state index contributed by atoms with van der Waals surface area (Å²) in [6, 6.07) is 8.03. The van der Waals surface area contributed by atoms with Gasteiger partial charge >= 0.3 is 0 Å². The number of aryl methyl sites for hydroxylation is 1. The minimum absolute atomic E-state index is 0.724. The maximum atomic E-state index is 8.90. The highest BCUT2D eigenvalue weighted by Crippen LogP contribution is 2.32. The van der Waals surface area contributed by atoms with Crippen LogP contribution in [0, 0.1) is 11.3 Å². The molecule has 1 aromatic heterocycles. The predicted octanol–water partition coefficient (Wildman–Crippen LogP) is 2.79. The van der Waals surface area contributed by atoms with Crippen LogP contribution in [0.4, 0.5) is 0 Å². The number of allylic oxidation sites excluding steroid dienone is 1. The molecule has 0 N–H and O–H groups in total. The smallest absolute Gasteiger partial charge is 0.147 e. The molecule has 3 nitrogen and oxygen atoms in total. The Labute approximate surface area is 103 Å². The largest absolute Gasteiger partial charge is 0.192 e. The fraction of sp³-hybridized carbons (Fsp3) is 0.154. The van der Waals surface area contributed by atoms with E-state index in [0.29, 0.717) is 0 Å². The monoisotopic (exact) mass is 239 g/mol. The molecular formula is C13H9N3S. The summed E-state index contributed by atoms with van der Waals surface area (Å²) in [7, 11) is 0. The Morgan fingerprint density at radius 3 is 3.06 bits per heavy atom. The van der Waals surface area contributed by atoms with Gasteiger partial charge in [-0.1, -0.05) is 23.5 Å². The van der Waals surface area contributed by atoms with E-state index in [0.717, 1.165) is 29.0 Å². The van der Waals surface area contributed by atoms with Crippen molar-refractivity contribution in [2.24, 2.45) is 0 Å². The highest BCUT2D eigenvalue weighted by molar-refractivity contribution is 7.10. The van der Waals surface area contributed by atoms with E-state index in [2.05, 4.69) is 22.3 Å². The standard InChI is InChI=1S/C13H9N3S/c14-7-9-4-5-11-10(6-9)2-1-3-12(11)13-16-15-8-17-13/h3-6,8H,1-2H2. The zero-order valence-corrected chi connectivity index (χ0v) is 9.87. The van der Waals surface area contributed by atoms with Crippen molar-refractivity contribution >= 4 is 16.9 Å². The maximum Gasteiger partial charge on any atom is 0.147 e. The van der Waals surface area contributed by atoms with Gasteiger partial charge in [-0.25, -0.2) is 0 Å². The lowest BCUT2D eigenvalue weighted by Gasteiger charge is -2.15. The van der Waals surface area contributed by atoms with Crippen molar-refractivity contribution in [2.45, 2.75) is 12.8 Å². The van der Waals surface area contributed by atoms with Crippen LogP contribution in [0.25, 0.3) is 5.57 Å². The van der Waals surface area contributed by atoms with E-state index in [9.17, 15) is 0 Å². The third-order valence-electron chi connectivity index (χ3n) is 2.88. The van der Waals surface area contributed by atoms with Crippen LogP contribution in [0.15, 0.2) is 29.8 Å². The van der Waals surface area contributed by atoms with E-state index in [1.165, 1.54) is 11.1 Å². The molecule has 17 heavy (non-hydrogen) atoms. The van der Waals surface area contributed by atoms with Crippen molar-refractivity contribution in [3.8, 4) is 6.07 Å². The van der Waals surface area contributed by atoms with Crippen molar-refractivity contribution in [2.75, 3.05) is 0 Å². The molecule has 1 aliphatic rings. The van der Waals surface area contributed by atoms with Crippen molar-refractivity contribution in [1.29, 1.82) is 5.26 Å². The summed E-state index contributed by atoms with van der Waals surface area (Å²) < 4.78 is 0. The van der Waals surface area contributed by atoms with Crippen molar-refractivity contribution < 1.29 is 0 Å². The lowest BCUT2D eigenvalue weighted by atomic mass is 9.90. The summed E-state index contributed by atoms with van der Waals surface area (Å²) in [6.07, 6.45) is 4.19. The molecule has 0 saturated heterocycles. The number of hydrogen-bond donors (Lipinski definition) is 0. The van der Waals surface area contributed by atoms with E-state index in [4.69, 9.17) is 5.26 Å². The number of aromatic nitrogens is 2. The Kier molecular flexibility index (Phi) is 2.46. The van der Waals surface area contributed by atoms with Gasteiger partial charge in [0.15, 0.2) is 0 Å². The second kappa shape index (κ2) is 4.11. The van der Waals surface area contributed by atoms with Gasteiger partial charge in [-0.3, -0.25) is 0 Å². The van der Waals surface area contributed by atoms with Crippen molar-refractivity contribution in [3.05, 3.63) is 51.5 Å². The lowest BCUT2D eigenvalue weighted by molar-refractivity contribution is 0.971. The molecule has 0 unspecified atom stereocenters. The fourth-order valence-electron chi connectivity index (χ4n) is 2.11. The molecule has 1 heterocycles. The van der Waals surface area contributed by atoms with Gasteiger partial charge < -0.3 is 0 Å². The van der Waals surface area contributed by atoms with Gasteiger partial charge in [0, 0.05) is 5.57 Å². The first-order chi connectivity index (χ1) is 8.38. The molecule has 1 aromatic carbocycles. The molecule has 0 radical (unpaired) electrons. The molecule has 0 amide bonds. The number of nitriles is 1. The van der Waals surface area contributed by atoms with E-state index >= 15 is 0 Å². The third-order valence-corrected chi connectivity index (χ3v) is 3.60. The third kappa shape index (κ3) is 1.75. The summed E-state index contributed by atoms with van der Waals surface area (Å²) in [5.41, 5.74) is 6.04. The summed E-state index contributed by atoms with van der Waals surface area (Å²) in [6.45, 7) is 0. The Morgan fingerprint density at radius 1 is 1.35 bits per heavy atom. The minimum atomic E-state index is 0.724. The van der Waals surface area contributed by atoms with E-state index in [1.54, 1.807) is 16.8 Å². The van der Waals surface area contributed by atoms with Gasteiger partial charge in [0.05, 0.1) is 11.6 Å². The van der Waals surface area contributed by atoms with Gasteiger partial charge in [-0.05, 0) is 36.1 Å². The molecule has 0 bridgehead atoms. The molecule has 3 rings (SSSR count). The van der Waals surface area contributed by atoms with Crippen LogP contribution >= 0.6 is 11.3 Å². The summed E-state index contributed by atoms with van der Waals surface area (Å²) in [5.74, 6) is 0. The van der Waals surface area contributed by atoms with Gasteiger partial charge in [0.2, 0.25) is 0 Å². The molecule has 1 aliphatic carbocycles. The first-order valence-corrected chi connectivity index (χ1v) is 6.26. The van der Waals surface area contributed by atoms with Crippen LogP contribution in [0.5, 0.6) is 0 Å². The molecule has 82 valence electrons. The number of fused-ring (bicyclic) bond motifs is 1. The lowest BCUT2D eigenvalue weighted by Crippen LogP contribution is -2.01. The molecule has 0 spiro atoms. The normalized spacial score (nSPS) is 13.7. The first-order valence-electron chi connectivity index (χ1n) is 5.38. The van der Waals surface area contributed by atoms with E-state index < -0.39 is 0 Å². The number of hydrogen-bond acceptors (Lipinski definition) is 4. The van der Waals surface area contributed by atoms with Gasteiger partial charge in [0.25, 0.3) is 0 Å². The second-order valence-corrected chi connectivity index (χ2v) is 4.72. The van der Waals surface area contributed by atoms with Crippen LogP contribution in [-0.4, -0.2) is 10.2 Å². The zero-order valence-electron chi connectivity index (χ0n) is 9.05. The van der Waals surface area contributed by atoms with Crippen molar-refractivity contribution in [3.63, 3.8) is 0 Å². The first kappa shape index (κ1) is 10.2. The van der Waals surface area contributed by atoms with Crippen LogP contribution in [-0.2, 0) is 6.42 Å². The Balaban J connectivity index is 2.12.